The van der Waals surface area contributed by atoms with Gasteiger partial charge in [0.15, 0.2) is 0 Å². The molecule has 0 aliphatic rings. The lowest BCUT2D eigenvalue weighted by molar-refractivity contribution is -0.129. The van der Waals surface area contributed by atoms with Gasteiger partial charge in [0.1, 0.15) is 11.3 Å². The van der Waals surface area contributed by atoms with Gasteiger partial charge in [-0.15, -0.1) is 0 Å². The number of rotatable bonds is 6. The number of hydrogen-bond donors (Lipinski definition) is 1. The summed E-state index contributed by atoms with van der Waals surface area (Å²) in [5, 5.41) is 4.13. The molecule has 1 heterocycles. The Hall–Kier alpha value is -2.79. The van der Waals surface area contributed by atoms with Crippen LogP contribution in [0.2, 0.25) is 5.02 Å². The normalized spacial score (nSPS) is 10.8. The van der Waals surface area contributed by atoms with Crippen LogP contribution in [-0.4, -0.2) is 30.3 Å². The van der Waals surface area contributed by atoms with Crippen LogP contribution in [0.1, 0.15) is 28.6 Å². The minimum absolute atomic E-state index is 0.0842. The van der Waals surface area contributed by atoms with Crippen LogP contribution < -0.4 is 5.32 Å². The third kappa shape index (κ3) is 4.31. The molecule has 0 spiro atoms. The van der Waals surface area contributed by atoms with Gasteiger partial charge in [0.05, 0.1) is 6.54 Å². The minimum atomic E-state index is -0.331. The van der Waals surface area contributed by atoms with Crippen LogP contribution in [0.25, 0.3) is 11.0 Å². The van der Waals surface area contributed by atoms with Crippen LogP contribution in [0.5, 0.6) is 0 Å². The van der Waals surface area contributed by atoms with Crippen molar-refractivity contribution in [2.75, 3.05) is 13.6 Å². The molecule has 0 radical (unpaired) electrons. The van der Waals surface area contributed by atoms with Gasteiger partial charge in [0.2, 0.25) is 5.91 Å². The van der Waals surface area contributed by atoms with E-state index in [0.717, 1.165) is 28.7 Å². The molecule has 1 N–H and O–H groups in total. The summed E-state index contributed by atoms with van der Waals surface area (Å²) in [5.41, 5.74) is 2.25. The molecule has 0 saturated carbocycles. The number of aryl methyl sites for hydroxylation is 1. The van der Waals surface area contributed by atoms with E-state index < -0.39 is 0 Å². The van der Waals surface area contributed by atoms with Crippen molar-refractivity contribution in [1.29, 1.82) is 0 Å². The fourth-order valence-electron chi connectivity index (χ4n) is 2.96. The van der Waals surface area contributed by atoms with Crippen molar-refractivity contribution in [3.8, 4) is 0 Å². The summed E-state index contributed by atoms with van der Waals surface area (Å²) in [6.45, 7) is 2.36. The molecule has 2 aromatic carbocycles. The molecule has 0 unspecified atom stereocenters. The highest BCUT2D eigenvalue weighted by atomic mass is 35.5. The molecular weight excluding hydrogens is 364 g/mol. The number of nitrogens with zero attached hydrogens (tertiary/aromatic N) is 1. The first-order valence-corrected chi connectivity index (χ1v) is 9.14. The molecule has 0 fully saturated rings. The Morgan fingerprint density at radius 3 is 2.67 bits per heavy atom. The number of hydrogen-bond acceptors (Lipinski definition) is 3. The van der Waals surface area contributed by atoms with Crippen LogP contribution in [0.15, 0.2) is 52.9 Å². The van der Waals surface area contributed by atoms with E-state index in [1.165, 1.54) is 0 Å². The van der Waals surface area contributed by atoms with E-state index in [9.17, 15) is 9.59 Å². The van der Waals surface area contributed by atoms with E-state index in [-0.39, 0.29) is 18.4 Å². The molecule has 0 saturated heterocycles. The molecule has 3 rings (SSSR count). The van der Waals surface area contributed by atoms with E-state index >= 15 is 0 Å². The second-order valence-electron chi connectivity index (χ2n) is 6.30. The Labute approximate surface area is 162 Å². The Morgan fingerprint density at radius 2 is 1.93 bits per heavy atom. The van der Waals surface area contributed by atoms with E-state index in [1.54, 1.807) is 36.2 Å². The first kappa shape index (κ1) is 19.0. The number of likely N-dealkylation sites (N-methyl/N-ethyl adjacent to an activating group) is 1. The number of fused-ring (bicyclic) bond motifs is 1. The molecule has 5 nitrogen and oxygen atoms in total. The molecule has 6 heteroatoms. The molecule has 0 atom stereocenters. The topological polar surface area (TPSA) is 62.6 Å². The van der Waals surface area contributed by atoms with Gasteiger partial charge in [-0.1, -0.05) is 42.8 Å². The van der Waals surface area contributed by atoms with Crippen molar-refractivity contribution in [3.05, 3.63) is 70.4 Å². The molecule has 27 heavy (non-hydrogen) atoms. The number of carbonyl (C=O) groups is 2. The number of para-hydroxylation sites is 1. The van der Waals surface area contributed by atoms with Gasteiger partial charge in [0.25, 0.3) is 5.91 Å². The fourth-order valence-corrected chi connectivity index (χ4v) is 3.15. The first-order chi connectivity index (χ1) is 13.0. The number of nitrogens with one attached hydrogen (secondary N) is 1. The van der Waals surface area contributed by atoms with E-state index in [2.05, 4.69) is 5.32 Å². The highest BCUT2D eigenvalue weighted by molar-refractivity contribution is 6.31. The van der Waals surface area contributed by atoms with Crippen LogP contribution in [-0.2, 0) is 17.8 Å². The predicted octanol–water partition coefficient (Wildman–Crippen LogP) is 4.04. The highest BCUT2D eigenvalue weighted by Crippen LogP contribution is 2.27. The Kier molecular flexibility index (Phi) is 5.81. The standard InChI is InChI=1S/C21H21ClN2O3/c1-3-18-17(16-9-4-5-10-19(16)27-18)13-24(2)20(25)12-23-21(26)14-7-6-8-15(22)11-14/h4-11H,3,12-13H2,1-2H3,(H,23,26). The number of furan rings is 1. The third-order valence-corrected chi connectivity index (χ3v) is 4.65. The van der Waals surface area contributed by atoms with Crippen molar-refractivity contribution >= 4 is 34.4 Å². The average Bonchev–Trinajstić information content (AvgIpc) is 3.03. The smallest absolute Gasteiger partial charge is 0.251 e. The molecule has 0 bridgehead atoms. The second-order valence-corrected chi connectivity index (χ2v) is 6.73. The summed E-state index contributed by atoms with van der Waals surface area (Å²) in [7, 11) is 1.72. The SMILES string of the molecule is CCc1oc2ccccc2c1CN(C)C(=O)CNC(=O)c1cccc(Cl)c1. The van der Waals surface area contributed by atoms with Gasteiger partial charge in [-0.05, 0) is 24.3 Å². The van der Waals surface area contributed by atoms with Crippen molar-refractivity contribution in [1.82, 2.24) is 10.2 Å². The molecule has 0 aliphatic heterocycles. The van der Waals surface area contributed by atoms with Crippen molar-refractivity contribution in [2.24, 2.45) is 0 Å². The summed E-state index contributed by atoms with van der Waals surface area (Å²) in [6.07, 6.45) is 0.748. The zero-order valence-corrected chi connectivity index (χ0v) is 16.0. The van der Waals surface area contributed by atoms with E-state index in [0.29, 0.717) is 17.1 Å². The highest BCUT2D eigenvalue weighted by Gasteiger charge is 2.18. The van der Waals surface area contributed by atoms with Crippen molar-refractivity contribution in [3.63, 3.8) is 0 Å². The number of benzene rings is 2. The summed E-state index contributed by atoms with van der Waals surface area (Å²) < 4.78 is 5.88. The minimum Gasteiger partial charge on any atom is -0.461 e. The van der Waals surface area contributed by atoms with Crippen molar-refractivity contribution in [2.45, 2.75) is 19.9 Å². The molecule has 3 aromatic rings. The number of halogens is 1. The van der Waals surface area contributed by atoms with Gasteiger partial charge in [-0.25, -0.2) is 0 Å². The summed E-state index contributed by atoms with van der Waals surface area (Å²) >= 11 is 5.89. The Balaban J connectivity index is 1.65. The summed E-state index contributed by atoms with van der Waals surface area (Å²) in [4.78, 5) is 26.2. The third-order valence-electron chi connectivity index (χ3n) is 4.41. The van der Waals surface area contributed by atoms with E-state index in [1.807, 2.05) is 31.2 Å². The molecule has 2 amide bonds. The maximum absolute atomic E-state index is 12.5. The monoisotopic (exact) mass is 384 g/mol. The van der Waals surface area contributed by atoms with Crippen LogP contribution in [0, 0.1) is 0 Å². The van der Waals surface area contributed by atoms with Gasteiger partial charge in [-0.2, -0.15) is 0 Å². The maximum atomic E-state index is 12.5. The van der Waals surface area contributed by atoms with Crippen LogP contribution in [0.4, 0.5) is 0 Å². The quantitative estimate of drug-likeness (QED) is 0.697. The largest absolute Gasteiger partial charge is 0.461 e. The van der Waals surface area contributed by atoms with Gasteiger partial charge in [-0.3, -0.25) is 9.59 Å². The fraction of sp³-hybridized carbons (Fsp3) is 0.238. The lowest BCUT2D eigenvalue weighted by Gasteiger charge is -2.18. The lowest BCUT2D eigenvalue weighted by atomic mass is 10.1. The molecular formula is C21H21ClN2O3. The Morgan fingerprint density at radius 1 is 1.15 bits per heavy atom. The van der Waals surface area contributed by atoms with Gasteiger partial charge >= 0.3 is 0 Å². The molecule has 1 aromatic heterocycles. The zero-order chi connectivity index (χ0) is 19.4. The molecule has 140 valence electrons. The average molecular weight is 385 g/mol. The predicted molar refractivity (Wildman–Crippen MR) is 106 cm³/mol. The van der Waals surface area contributed by atoms with Crippen LogP contribution >= 0.6 is 11.6 Å². The number of carbonyl (C=O) groups excluding carboxylic acids is 2. The van der Waals surface area contributed by atoms with Gasteiger partial charge < -0.3 is 14.6 Å². The lowest BCUT2D eigenvalue weighted by Crippen LogP contribution is -2.37. The van der Waals surface area contributed by atoms with Gasteiger partial charge in [0, 0.05) is 41.5 Å². The Bertz CT molecular complexity index is 980. The maximum Gasteiger partial charge on any atom is 0.251 e. The van der Waals surface area contributed by atoms with Crippen LogP contribution in [0.3, 0.4) is 0 Å². The second kappa shape index (κ2) is 8.27. The summed E-state index contributed by atoms with van der Waals surface area (Å²) in [5.74, 6) is 0.360. The number of amides is 2. The van der Waals surface area contributed by atoms with E-state index in [4.69, 9.17) is 16.0 Å². The first-order valence-electron chi connectivity index (χ1n) is 8.76. The summed E-state index contributed by atoms with van der Waals surface area (Å²) in [6, 6.07) is 14.4. The molecule has 0 aliphatic carbocycles. The van der Waals surface area contributed by atoms with Crippen molar-refractivity contribution < 1.29 is 14.0 Å². The zero-order valence-electron chi connectivity index (χ0n) is 15.3.